The first kappa shape index (κ1) is 10.5. The number of hydrazine groups is 1. The molecule has 0 atom stereocenters. The Morgan fingerprint density at radius 2 is 1.88 bits per heavy atom. The van der Waals surface area contributed by atoms with Crippen LogP contribution in [0, 0.1) is 0 Å². The molecular weight excluding hydrogens is 206 g/mol. The van der Waals surface area contributed by atoms with Crippen LogP contribution in [0.3, 0.4) is 0 Å². The van der Waals surface area contributed by atoms with Gasteiger partial charge in [0.05, 0.1) is 0 Å². The number of carbonyl (C=O) groups is 2. The Labute approximate surface area is 93.2 Å². The number of urea groups is 1. The van der Waals surface area contributed by atoms with Gasteiger partial charge in [-0.3, -0.25) is 10.2 Å². The predicted octanol–water partition coefficient (Wildman–Crippen LogP) is 0.114. The Kier molecular flexibility index (Phi) is 3.05. The lowest BCUT2D eigenvalue weighted by atomic mass is 10.1. The van der Waals surface area contributed by atoms with E-state index in [1.54, 1.807) is 0 Å². The van der Waals surface area contributed by atoms with E-state index in [9.17, 15) is 9.59 Å². The lowest BCUT2D eigenvalue weighted by Gasteiger charge is -2.11. The summed E-state index contributed by atoms with van der Waals surface area (Å²) in [5, 5.41) is 2.79. The molecule has 1 aromatic rings. The monoisotopic (exact) mass is 219 g/mol. The van der Waals surface area contributed by atoms with Crippen LogP contribution >= 0.6 is 0 Å². The molecule has 1 aliphatic carbocycles. The smallest absolute Gasteiger partial charge is 0.333 e. The molecule has 84 valence electrons. The topological polar surface area (TPSA) is 70.2 Å². The van der Waals surface area contributed by atoms with E-state index in [1.165, 1.54) is 11.1 Å². The minimum atomic E-state index is -0.384. The zero-order valence-electron chi connectivity index (χ0n) is 8.69. The molecule has 1 aliphatic rings. The number of carbonyl (C=O) groups excluding carboxylic acids is 2. The molecule has 0 fully saturated rings. The fourth-order valence-electron chi connectivity index (χ4n) is 1.98. The third-order valence-corrected chi connectivity index (χ3v) is 2.63. The van der Waals surface area contributed by atoms with Crippen molar-refractivity contribution in [1.29, 1.82) is 0 Å². The summed E-state index contributed by atoms with van der Waals surface area (Å²) in [6.45, 7) is 0. The molecule has 0 saturated carbocycles. The van der Waals surface area contributed by atoms with Crippen LogP contribution in [0.2, 0.25) is 0 Å². The minimum Gasteiger partial charge on any atom is -0.333 e. The number of hydrogen-bond donors (Lipinski definition) is 3. The number of hydrogen-bond acceptors (Lipinski definition) is 2. The van der Waals surface area contributed by atoms with E-state index in [4.69, 9.17) is 0 Å². The highest BCUT2D eigenvalue weighted by atomic mass is 16.2. The van der Waals surface area contributed by atoms with Crippen molar-refractivity contribution in [2.75, 3.05) is 0 Å². The third-order valence-electron chi connectivity index (χ3n) is 2.63. The molecule has 0 aromatic heterocycles. The Balaban J connectivity index is 1.87. The van der Waals surface area contributed by atoms with E-state index in [2.05, 4.69) is 28.3 Å². The Bertz CT molecular complexity index is 381. The molecule has 1 aromatic carbocycles. The normalized spacial score (nSPS) is 14.0. The maximum atomic E-state index is 11.3. The van der Waals surface area contributed by atoms with Crippen LogP contribution in [-0.4, -0.2) is 18.5 Å². The average Bonchev–Trinajstić information content (AvgIpc) is 2.68. The maximum Gasteiger partial charge on any atom is 0.333 e. The second kappa shape index (κ2) is 4.65. The molecule has 0 heterocycles. The van der Waals surface area contributed by atoms with Crippen LogP contribution in [0.5, 0.6) is 0 Å². The van der Waals surface area contributed by atoms with E-state index in [-0.39, 0.29) is 12.1 Å². The Hall–Kier alpha value is -2.04. The molecule has 2 rings (SSSR count). The molecule has 5 heteroatoms. The Morgan fingerprint density at radius 1 is 1.25 bits per heavy atom. The quantitative estimate of drug-likeness (QED) is 0.499. The van der Waals surface area contributed by atoms with Crippen molar-refractivity contribution in [3.05, 3.63) is 35.4 Å². The summed E-state index contributed by atoms with van der Waals surface area (Å²) in [4.78, 5) is 21.2. The lowest BCUT2D eigenvalue weighted by molar-refractivity contribution is -0.110. The zero-order valence-corrected chi connectivity index (χ0v) is 8.69. The van der Waals surface area contributed by atoms with Crippen LogP contribution < -0.4 is 16.2 Å². The molecule has 0 radical (unpaired) electrons. The van der Waals surface area contributed by atoms with Crippen molar-refractivity contribution in [1.82, 2.24) is 16.2 Å². The molecule has 3 N–H and O–H groups in total. The number of fused-ring (bicyclic) bond motifs is 1. The fourth-order valence-corrected chi connectivity index (χ4v) is 1.98. The summed E-state index contributed by atoms with van der Waals surface area (Å²) in [5.41, 5.74) is 6.87. The third kappa shape index (κ3) is 2.31. The average molecular weight is 219 g/mol. The van der Waals surface area contributed by atoms with E-state index >= 15 is 0 Å². The second-order valence-corrected chi connectivity index (χ2v) is 3.73. The van der Waals surface area contributed by atoms with Crippen molar-refractivity contribution in [3.8, 4) is 0 Å². The Morgan fingerprint density at radius 3 is 2.44 bits per heavy atom. The van der Waals surface area contributed by atoms with Crippen molar-refractivity contribution in [2.45, 2.75) is 18.9 Å². The van der Waals surface area contributed by atoms with Crippen molar-refractivity contribution in [3.63, 3.8) is 0 Å². The van der Waals surface area contributed by atoms with Gasteiger partial charge in [-0.05, 0) is 24.0 Å². The van der Waals surface area contributed by atoms with Crippen molar-refractivity contribution >= 4 is 12.4 Å². The van der Waals surface area contributed by atoms with E-state index in [1.807, 2.05) is 12.1 Å². The number of nitrogens with one attached hydrogen (secondary N) is 3. The summed E-state index contributed by atoms with van der Waals surface area (Å²) in [7, 11) is 0. The van der Waals surface area contributed by atoms with Gasteiger partial charge in [0.2, 0.25) is 6.41 Å². The van der Waals surface area contributed by atoms with Crippen molar-refractivity contribution < 1.29 is 9.59 Å². The summed E-state index contributed by atoms with van der Waals surface area (Å²) >= 11 is 0. The maximum absolute atomic E-state index is 11.3. The molecule has 0 spiro atoms. The van der Waals surface area contributed by atoms with Gasteiger partial charge >= 0.3 is 6.03 Å². The van der Waals surface area contributed by atoms with Gasteiger partial charge in [0, 0.05) is 6.04 Å². The first-order valence-corrected chi connectivity index (χ1v) is 5.12. The first-order valence-electron chi connectivity index (χ1n) is 5.12. The van der Waals surface area contributed by atoms with Gasteiger partial charge in [-0.25, -0.2) is 10.2 Å². The van der Waals surface area contributed by atoms with E-state index in [0.29, 0.717) is 6.41 Å². The molecule has 16 heavy (non-hydrogen) atoms. The van der Waals surface area contributed by atoms with Gasteiger partial charge in [0.15, 0.2) is 0 Å². The summed E-state index contributed by atoms with van der Waals surface area (Å²) < 4.78 is 0. The summed E-state index contributed by atoms with van der Waals surface area (Å²) in [6, 6.07) is 7.84. The van der Waals surface area contributed by atoms with Crippen LogP contribution in [0.1, 0.15) is 11.1 Å². The highest BCUT2D eigenvalue weighted by Crippen LogP contribution is 2.21. The van der Waals surface area contributed by atoms with E-state index in [0.717, 1.165) is 12.8 Å². The molecule has 0 saturated heterocycles. The van der Waals surface area contributed by atoms with E-state index < -0.39 is 0 Å². The zero-order chi connectivity index (χ0) is 11.4. The second-order valence-electron chi connectivity index (χ2n) is 3.73. The summed E-state index contributed by atoms with van der Waals surface area (Å²) in [6.07, 6.45) is 2.10. The first-order chi connectivity index (χ1) is 7.79. The molecule has 0 bridgehead atoms. The standard InChI is InChI=1S/C11H13N3O2/c15-7-12-14-11(16)13-10-5-8-3-1-2-4-9(8)6-10/h1-4,7,10H,5-6H2,(H,12,15)(H2,13,14,16). The molecule has 0 unspecified atom stereocenters. The van der Waals surface area contributed by atoms with Gasteiger partial charge in [-0.1, -0.05) is 24.3 Å². The van der Waals surface area contributed by atoms with Crippen LogP contribution in [0.25, 0.3) is 0 Å². The molecule has 0 aliphatic heterocycles. The van der Waals surface area contributed by atoms with Gasteiger partial charge in [0.1, 0.15) is 0 Å². The van der Waals surface area contributed by atoms with Crippen LogP contribution in [0.15, 0.2) is 24.3 Å². The lowest BCUT2D eigenvalue weighted by Crippen LogP contribution is -2.47. The highest BCUT2D eigenvalue weighted by molar-refractivity contribution is 5.75. The SMILES string of the molecule is O=CNNC(=O)NC1Cc2ccccc2C1. The number of benzene rings is 1. The molecular formula is C11H13N3O2. The molecule has 5 nitrogen and oxygen atoms in total. The number of rotatable bonds is 3. The predicted molar refractivity (Wildman–Crippen MR) is 58.5 cm³/mol. The van der Waals surface area contributed by atoms with Crippen LogP contribution in [-0.2, 0) is 17.6 Å². The van der Waals surface area contributed by atoms with Gasteiger partial charge in [0.25, 0.3) is 0 Å². The van der Waals surface area contributed by atoms with Gasteiger partial charge in [-0.2, -0.15) is 0 Å². The summed E-state index contributed by atoms with van der Waals surface area (Å²) in [5.74, 6) is 0. The molecule has 3 amide bonds. The minimum absolute atomic E-state index is 0.103. The van der Waals surface area contributed by atoms with Gasteiger partial charge in [-0.15, -0.1) is 0 Å². The van der Waals surface area contributed by atoms with Crippen molar-refractivity contribution in [2.24, 2.45) is 0 Å². The fraction of sp³-hybridized carbons (Fsp3) is 0.273. The highest BCUT2D eigenvalue weighted by Gasteiger charge is 2.21. The van der Waals surface area contributed by atoms with Crippen LogP contribution in [0.4, 0.5) is 4.79 Å². The van der Waals surface area contributed by atoms with Gasteiger partial charge < -0.3 is 5.32 Å². The number of amides is 3. The largest absolute Gasteiger partial charge is 0.333 e.